The molecule has 2 aromatic carbocycles. The molecule has 186 valence electrons. The van der Waals surface area contributed by atoms with Crippen LogP contribution in [0.25, 0.3) is 11.1 Å². The third kappa shape index (κ3) is 5.70. The number of carbonyl (C=O) groups is 1. The highest BCUT2D eigenvalue weighted by Crippen LogP contribution is 2.48. The quantitative estimate of drug-likeness (QED) is 0.464. The fourth-order valence-corrected chi connectivity index (χ4v) is 3.93. The van der Waals surface area contributed by atoms with Gasteiger partial charge >= 0.3 is 0 Å². The number of benzene rings is 2. The zero-order chi connectivity index (χ0) is 25.5. The van der Waals surface area contributed by atoms with Gasteiger partial charge in [-0.05, 0) is 19.7 Å². The summed E-state index contributed by atoms with van der Waals surface area (Å²) in [5, 5.41) is 2.40. The molecule has 0 bridgehead atoms. The van der Waals surface area contributed by atoms with E-state index in [0.29, 0.717) is 5.56 Å². The van der Waals surface area contributed by atoms with E-state index in [1.807, 2.05) is 44.4 Å². The minimum atomic E-state index is -0.977. The number of hydrogen-bond acceptors (Lipinski definition) is 6. The van der Waals surface area contributed by atoms with Crippen molar-refractivity contribution in [1.29, 1.82) is 0 Å². The third-order valence-electron chi connectivity index (χ3n) is 5.15. The van der Waals surface area contributed by atoms with Gasteiger partial charge in [0.2, 0.25) is 0 Å². The van der Waals surface area contributed by atoms with Crippen molar-refractivity contribution in [2.45, 2.75) is 12.5 Å². The summed E-state index contributed by atoms with van der Waals surface area (Å²) in [6, 6.07) is 10.5. The topological polar surface area (TPSA) is 95.7 Å². The minimum Gasteiger partial charge on any atom is -0.485 e. The molecule has 3 N–H and O–H groups in total. The molecule has 3 aromatic rings. The summed E-state index contributed by atoms with van der Waals surface area (Å²) in [5.74, 6) is -2.90. The molecule has 10 heteroatoms. The number of methoxy groups -OCH3 is 1. The molecule has 1 aliphatic heterocycles. The van der Waals surface area contributed by atoms with E-state index >= 15 is 4.39 Å². The molecule has 4 rings (SSSR count). The molecule has 1 amide bonds. The number of nitrogens with zero attached hydrogens (tertiary/aromatic N) is 1. The van der Waals surface area contributed by atoms with Crippen molar-refractivity contribution in [3.05, 3.63) is 75.9 Å². The molecular weight excluding hydrogens is 480 g/mol. The summed E-state index contributed by atoms with van der Waals surface area (Å²) in [6.45, 7) is 0.209. The van der Waals surface area contributed by atoms with E-state index in [1.165, 1.54) is 7.11 Å². The summed E-state index contributed by atoms with van der Waals surface area (Å²) >= 11 is 6.30. The summed E-state index contributed by atoms with van der Waals surface area (Å²) in [4.78, 5) is 15.9. The standard InChI is InChI=1S/C23H19ClF2N2O4.C2H7N/c1-30-7-8-31-23-21(26)19(14(11-28-23)22(27)29)18-13-9-16(12-5-3-2-4-6-12)32-17(13)10-15(25)20(18)24;1-3-2/h2-6,10-11,16H,7-9H2,1H3,(H2,27,29);3H,1-2H3. The molecule has 1 aliphatic rings. The van der Waals surface area contributed by atoms with E-state index in [9.17, 15) is 9.18 Å². The second-order valence-corrected chi connectivity index (χ2v) is 7.99. The largest absolute Gasteiger partial charge is 0.485 e. The van der Waals surface area contributed by atoms with Crippen LogP contribution in [0.2, 0.25) is 5.02 Å². The van der Waals surface area contributed by atoms with Gasteiger partial charge in [0.1, 0.15) is 24.3 Å². The highest BCUT2D eigenvalue weighted by atomic mass is 35.5. The molecule has 1 unspecified atom stereocenters. The van der Waals surface area contributed by atoms with Crippen molar-refractivity contribution < 1.29 is 27.8 Å². The Hall–Kier alpha value is -3.27. The molecule has 2 heterocycles. The van der Waals surface area contributed by atoms with E-state index in [1.54, 1.807) is 0 Å². The van der Waals surface area contributed by atoms with Crippen molar-refractivity contribution in [2.24, 2.45) is 5.73 Å². The number of halogens is 3. The predicted molar refractivity (Wildman–Crippen MR) is 129 cm³/mol. The molecule has 0 saturated carbocycles. The lowest BCUT2D eigenvalue weighted by Gasteiger charge is -2.16. The van der Waals surface area contributed by atoms with Gasteiger partial charge < -0.3 is 25.3 Å². The maximum Gasteiger partial charge on any atom is 0.251 e. The fourth-order valence-electron chi connectivity index (χ4n) is 3.67. The Morgan fingerprint density at radius 3 is 2.54 bits per heavy atom. The van der Waals surface area contributed by atoms with Crippen LogP contribution in [0.1, 0.15) is 27.6 Å². The Labute approximate surface area is 207 Å². The van der Waals surface area contributed by atoms with Crippen molar-refractivity contribution in [1.82, 2.24) is 10.3 Å². The second kappa shape index (κ2) is 11.9. The maximum atomic E-state index is 15.5. The van der Waals surface area contributed by atoms with E-state index in [0.717, 1.165) is 17.8 Å². The summed E-state index contributed by atoms with van der Waals surface area (Å²) in [5.41, 5.74) is 6.25. The molecule has 0 fully saturated rings. The van der Waals surface area contributed by atoms with Crippen LogP contribution >= 0.6 is 11.6 Å². The number of pyridine rings is 1. The predicted octanol–water partition coefficient (Wildman–Crippen LogP) is 4.32. The molecule has 0 radical (unpaired) electrons. The molecule has 7 nitrogen and oxygen atoms in total. The van der Waals surface area contributed by atoms with Crippen molar-refractivity contribution in [3.63, 3.8) is 0 Å². The molecule has 1 atom stereocenters. The summed E-state index contributed by atoms with van der Waals surface area (Å²) in [7, 11) is 5.22. The monoisotopic (exact) mass is 505 g/mol. The van der Waals surface area contributed by atoms with Gasteiger partial charge in [-0.3, -0.25) is 4.79 Å². The molecule has 35 heavy (non-hydrogen) atoms. The van der Waals surface area contributed by atoms with E-state index in [4.69, 9.17) is 31.5 Å². The van der Waals surface area contributed by atoms with Crippen molar-refractivity contribution in [2.75, 3.05) is 34.4 Å². The number of fused-ring (bicyclic) bond motifs is 1. The zero-order valence-corrected chi connectivity index (χ0v) is 20.3. The first-order chi connectivity index (χ1) is 16.8. The van der Waals surface area contributed by atoms with Gasteiger partial charge in [-0.1, -0.05) is 41.9 Å². The number of primary amides is 1. The Morgan fingerprint density at radius 1 is 1.23 bits per heavy atom. The summed E-state index contributed by atoms with van der Waals surface area (Å²) in [6.07, 6.45) is 0.942. The lowest BCUT2D eigenvalue weighted by molar-refractivity contribution is 0.0999. The van der Waals surface area contributed by atoms with Crippen LogP contribution in [0.3, 0.4) is 0 Å². The highest BCUT2D eigenvalue weighted by Gasteiger charge is 2.33. The first kappa shape index (κ1) is 26.3. The van der Waals surface area contributed by atoms with Gasteiger partial charge in [-0.2, -0.15) is 0 Å². The van der Waals surface area contributed by atoms with Gasteiger partial charge in [0.15, 0.2) is 5.82 Å². The SMILES string of the molecule is CNC.COCCOc1ncc(C(N)=O)c(-c2c(Cl)c(F)cc3c2CC(c2ccccc2)O3)c1F. The molecule has 1 aromatic heterocycles. The first-order valence-electron chi connectivity index (χ1n) is 10.7. The first-order valence-corrected chi connectivity index (χ1v) is 11.1. The lowest BCUT2D eigenvalue weighted by Crippen LogP contribution is -2.16. The number of hydrogen-bond donors (Lipinski definition) is 2. The van der Waals surface area contributed by atoms with Gasteiger partial charge in [-0.15, -0.1) is 0 Å². The number of amides is 1. The fraction of sp³-hybridized carbons (Fsp3) is 0.280. The molecule has 0 spiro atoms. The van der Waals surface area contributed by atoms with Crippen LogP contribution in [0, 0.1) is 11.6 Å². The second-order valence-electron chi connectivity index (χ2n) is 7.62. The average molecular weight is 506 g/mol. The Morgan fingerprint density at radius 2 is 1.91 bits per heavy atom. The Kier molecular flexibility index (Phi) is 8.97. The molecular formula is C25H26ClF2N3O4. The van der Waals surface area contributed by atoms with Crippen molar-refractivity contribution >= 4 is 17.5 Å². The minimum absolute atomic E-state index is 0.00890. The third-order valence-corrected chi connectivity index (χ3v) is 5.52. The maximum absolute atomic E-state index is 15.5. The molecule has 0 saturated heterocycles. The smallest absolute Gasteiger partial charge is 0.251 e. The normalized spacial score (nSPS) is 13.9. The van der Waals surface area contributed by atoms with Crippen LogP contribution in [0.5, 0.6) is 11.6 Å². The van der Waals surface area contributed by atoms with Crippen LogP contribution in [-0.4, -0.2) is 45.3 Å². The number of carbonyl (C=O) groups excluding carboxylic acids is 1. The Balaban J connectivity index is 0.00000108. The number of nitrogens with one attached hydrogen (secondary N) is 1. The lowest BCUT2D eigenvalue weighted by atomic mass is 9.92. The number of aromatic nitrogens is 1. The number of rotatable bonds is 7. The van der Waals surface area contributed by atoms with Gasteiger partial charge in [0, 0.05) is 42.5 Å². The number of nitrogens with two attached hydrogens (primary N) is 1. The zero-order valence-electron chi connectivity index (χ0n) is 19.5. The van der Waals surface area contributed by atoms with E-state index in [-0.39, 0.29) is 53.0 Å². The summed E-state index contributed by atoms with van der Waals surface area (Å²) < 4.78 is 46.5. The van der Waals surface area contributed by atoms with Crippen LogP contribution in [0.4, 0.5) is 8.78 Å². The van der Waals surface area contributed by atoms with Crippen LogP contribution < -0.4 is 20.5 Å². The van der Waals surface area contributed by atoms with Crippen molar-refractivity contribution in [3.8, 4) is 22.8 Å². The Bertz CT molecular complexity index is 1200. The molecule has 0 aliphatic carbocycles. The van der Waals surface area contributed by atoms with Crippen LogP contribution in [-0.2, 0) is 11.2 Å². The highest BCUT2D eigenvalue weighted by molar-refractivity contribution is 6.34. The van der Waals surface area contributed by atoms with Gasteiger partial charge in [0.25, 0.3) is 11.8 Å². The van der Waals surface area contributed by atoms with Gasteiger partial charge in [-0.25, -0.2) is 13.8 Å². The average Bonchev–Trinajstić information content (AvgIpc) is 3.26. The van der Waals surface area contributed by atoms with Gasteiger partial charge in [0.05, 0.1) is 17.2 Å². The van der Waals surface area contributed by atoms with E-state index < -0.39 is 23.6 Å². The van der Waals surface area contributed by atoms with E-state index in [2.05, 4.69) is 10.3 Å². The van der Waals surface area contributed by atoms with Crippen LogP contribution in [0.15, 0.2) is 42.6 Å². The number of ether oxygens (including phenoxy) is 3.